The number of halogens is 1. The van der Waals surface area contributed by atoms with E-state index in [1.807, 2.05) is 6.92 Å². The molecule has 1 aromatic rings. The van der Waals surface area contributed by atoms with Crippen molar-refractivity contribution in [2.45, 2.75) is 57.8 Å². The molecule has 4 aliphatic rings. The molecule has 5 heteroatoms. The molecule has 0 radical (unpaired) electrons. The van der Waals surface area contributed by atoms with E-state index in [0.29, 0.717) is 18.3 Å². The molecule has 1 unspecified atom stereocenters. The van der Waals surface area contributed by atoms with Gasteiger partial charge in [-0.2, -0.15) is 0 Å². The van der Waals surface area contributed by atoms with Gasteiger partial charge in [-0.25, -0.2) is 4.39 Å². The number of hydrogen-bond donors (Lipinski definition) is 0. The molecule has 4 nitrogen and oxygen atoms in total. The van der Waals surface area contributed by atoms with Crippen LogP contribution >= 0.6 is 0 Å². The van der Waals surface area contributed by atoms with Crippen LogP contribution in [0.2, 0.25) is 0 Å². The smallest absolute Gasteiger partial charge is 0.200 e. The fourth-order valence-electron chi connectivity index (χ4n) is 5.34. The van der Waals surface area contributed by atoms with Crippen LogP contribution < -0.4 is 9.84 Å². The Labute approximate surface area is 147 Å². The molecule has 0 spiro atoms. The first-order valence-corrected chi connectivity index (χ1v) is 9.36. The summed E-state index contributed by atoms with van der Waals surface area (Å²) in [6, 6.07) is 3.45. The fourth-order valence-corrected chi connectivity index (χ4v) is 5.34. The van der Waals surface area contributed by atoms with E-state index in [-0.39, 0.29) is 17.4 Å². The largest absolute Gasteiger partial charge is 0.545 e. The maximum absolute atomic E-state index is 14.0. The van der Waals surface area contributed by atoms with Crippen LogP contribution in [0.15, 0.2) is 18.2 Å². The molecule has 0 saturated heterocycles. The zero-order valence-corrected chi connectivity index (χ0v) is 14.4. The van der Waals surface area contributed by atoms with Gasteiger partial charge in [0.05, 0.1) is 12.1 Å². The SMILES string of the molecule is CCC(Oc1cc(C(=O)[O-])ccc1F)OC1C2CC3CC(C2)CC1C3. The van der Waals surface area contributed by atoms with E-state index in [1.54, 1.807) is 0 Å². The highest BCUT2D eigenvalue weighted by Gasteiger charge is 2.49. The number of carboxylic acid groups (broad SMARTS) is 1. The highest BCUT2D eigenvalue weighted by Crippen LogP contribution is 2.54. The number of hydrogen-bond acceptors (Lipinski definition) is 4. The number of benzene rings is 1. The van der Waals surface area contributed by atoms with Gasteiger partial charge >= 0.3 is 0 Å². The standard InChI is InChI=1S/C20H25FO4/c1-2-18(24-17-10-13(20(22)23)3-4-16(17)21)25-19-14-6-11-5-12(8-14)9-15(19)7-11/h3-4,10-12,14-15,18-19H,2,5-9H2,1H3,(H,22,23)/p-1. The molecule has 4 saturated carbocycles. The van der Waals surface area contributed by atoms with Gasteiger partial charge in [-0.1, -0.05) is 6.92 Å². The van der Waals surface area contributed by atoms with E-state index in [4.69, 9.17) is 9.47 Å². The van der Waals surface area contributed by atoms with Gasteiger partial charge in [-0.15, -0.1) is 0 Å². The summed E-state index contributed by atoms with van der Waals surface area (Å²) in [7, 11) is 0. The monoisotopic (exact) mass is 347 g/mol. The molecule has 1 atom stereocenters. The lowest BCUT2D eigenvalue weighted by Gasteiger charge is -2.54. The average molecular weight is 347 g/mol. The van der Waals surface area contributed by atoms with E-state index < -0.39 is 18.1 Å². The predicted octanol–water partition coefficient (Wildman–Crippen LogP) is 3.15. The Kier molecular flexibility index (Phi) is 4.44. The highest BCUT2D eigenvalue weighted by atomic mass is 19.1. The van der Waals surface area contributed by atoms with Crippen LogP contribution in [0.4, 0.5) is 4.39 Å². The summed E-state index contributed by atoms with van der Waals surface area (Å²) in [4.78, 5) is 11.0. The summed E-state index contributed by atoms with van der Waals surface area (Å²) >= 11 is 0. The van der Waals surface area contributed by atoms with Gasteiger partial charge in [0, 0.05) is 12.0 Å². The van der Waals surface area contributed by atoms with Crippen molar-refractivity contribution in [3.05, 3.63) is 29.6 Å². The quantitative estimate of drug-likeness (QED) is 0.742. The van der Waals surface area contributed by atoms with Crippen molar-refractivity contribution in [1.82, 2.24) is 0 Å². The van der Waals surface area contributed by atoms with Crippen molar-refractivity contribution in [2.24, 2.45) is 23.7 Å². The third-order valence-corrected chi connectivity index (χ3v) is 6.21. The van der Waals surface area contributed by atoms with Crippen molar-refractivity contribution >= 4 is 5.97 Å². The molecule has 0 aliphatic heterocycles. The third kappa shape index (κ3) is 3.26. The first kappa shape index (κ1) is 16.8. The summed E-state index contributed by atoms with van der Waals surface area (Å²) in [6.45, 7) is 1.93. The van der Waals surface area contributed by atoms with Gasteiger partial charge < -0.3 is 19.4 Å². The van der Waals surface area contributed by atoms with E-state index in [0.717, 1.165) is 17.9 Å². The molecular formula is C20H24FO4-. The van der Waals surface area contributed by atoms with Gasteiger partial charge in [-0.3, -0.25) is 0 Å². The topological polar surface area (TPSA) is 58.6 Å². The maximum atomic E-state index is 14.0. The zero-order chi connectivity index (χ0) is 17.6. The Bertz CT molecular complexity index is 631. The highest BCUT2D eigenvalue weighted by molar-refractivity contribution is 5.86. The Balaban J connectivity index is 1.46. The lowest BCUT2D eigenvalue weighted by molar-refractivity contribution is -0.255. The van der Waals surface area contributed by atoms with Gasteiger partial charge in [0.1, 0.15) is 0 Å². The van der Waals surface area contributed by atoms with E-state index in [9.17, 15) is 14.3 Å². The lowest BCUT2D eigenvalue weighted by atomic mass is 9.55. The fraction of sp³-hybridized carbons (Fsp3) is 0.650. The van der Waals surface area contributed by atoms with Gasteiger partial charge in [-0.05, 0) is 74.0 Å². The predicted molar refractivity (Wildman–Crippen MR) is 87.4 cm³/mol. The van der Waals surface area contributed by atoms with Gasteiger partial charge in [0.25, 0.3) is 0 Å². The summed E-state index contributed by atoms with van der Waals surface area (Å²) < 4.78 is 26.0. The second-order valence-electron chi connectivity index (χ2n) is 7.92. The normalized spacial score (nSPS) is 34.1. The molecule has 5 rings (SSSR count). The lowest BCUT2D eigenvalue weighted by Crippen LogP contribution is -2.50. The summed E-state index contributed by atoms with van der Waals surface area (Å²) in [5.74, 6) is 0.886. The molecular weight excluding hydrogens is 323 g/mol. The molecule has 1 aromatic carbocycles. The Hall–Kier alpha value is -1.62. The van der Waals surface area contributed by atoms with Crippen LogP contribution in [0.25, 0.3) is 0 Å². The van der Waals surface area contributed by atoms with Crippen LogP contribution in [0.1, 0.15) is 55.8 Å². The van der Waals surface area contributed by atoms with Crippen LogP contribution in [0.5, 0.6) is 5.75 Å². The zero-order valence-electron chi connectivity index (χ0n) is 14.4. The molecule has 0 aromatic heterocycles. The summed E-state index contributed by atoms with van der Waals surface area (Å²) in [5, 5.41) is 11.0. The van der Waals surface area contributed by atoms with Crippen LogP contribution in [-0.2, 0) is 4.74 Å². The van der Waals surface area contributed by atoms with E-state index in [2.05, 4.69) is 0 Å². The number of carbonyl (C=O) groups is 1. The third-order valence-electron chi connectivity index (χ3n) is 6.21. The van der Waals surface area contributed by atoms with E-state index in [1.165, 1.54) is 44.2 Å². The summed E-state index contributed by atoms with van der Waals surface area (Å²) in [6.07, 6.45) is 6.54. The maximum Gasteiger partial charge on any atom is 0.200 e. The molecule has 0 heterocycles. The first-order valence-electron chi connectivity index (χ1n) is 9.36. The molecule has 136 valence electrons. The first-order chi connectivity index (χ1) is 12.0. The molecule has 25 heavy (non-hydrogen) atoms. The number of carbonyl (C=O) groups excluding carboxylic acids is 1. The average Bonchev–Trinajstić information content (AvgIpc) is 2.57. The minimum Gasteiger partial charge on any atom is -0.545 e. The molecule has 4 fully saturated rings. The minimum absolute atomic E-state index is 0.0858. The van der Waals surface area contributed by atoms with Crippen molar-refractivity contribution in [3.8, 4) is 5.75 Å². The van der Waals surface area contributed by atoms with Crippen LogP contribution in [-0.4, -0.2) is 18.4 Å². The van der Waals surface area contributed by atoms with Gasteiger partial charge in [0.15, 0.2) is 17.9 Å². The second-order valence-corrected chi connectivity index (χ2v) is 7.92. The summed E-state index contributed by atoms with van der Waals surface area (Å²) in [5.41, 5.74) is -0.0964. The Morgan fingerprint density at radius 2 is 1.84 bits per heavy atom. The van der Waals surface area contributed by atoms with Crippen molar-refractivity contribution in [2.75, 3.05) is 0 Å². The number of rotatable bonds is 6. The second kappa shape index (κ2) is 6.60. The number of aromatic carboxylic acids is 1. The molecule has 4 bridgehead atoms. The number of ether oxygens (including phenoxy) is 2. The Morgan fingerprint density at radius 1 is 1.20 bits per heavy atom. The van der Waals surface area contributed by atoms with Crippen molar-refractivity contribution < 1.29 is 23.8 Å². The van der Waals surface area contributed by atoms with Crippen molar-refractivity contribution in [1.29, 1.82) is 0 Å². The van der Waals surface area contributed by atoms with Crippen LogP contribution in [0.3, 0.4) is 0 Å². The van der Waals surface area contributed by atoms with Gasteiger partial charge in [0.2, 0.25) is 0 Å². The molecule has 4 aliphatic carbocycles. The van der Waals surface area contributed by atoms with Crippen molar-refractivity contribution in [3.63, 3.8) is 0 Å². The van der Waals surface area contributed by atoms with Crippen LogP contribution in [0, 0.1) is 29.5 Å². The molecule has 0 N–H and O–H groups in total. The minimum atomic E-state index is -1.35. The Morgan fingerprint density at radius 3 is 2.40 bits per heavy atom. The van der Waals surface area contributed by atoms with E-state index >= 15 is 0 Å². The molecule has 0 amide bonds. The number of carboxylic acids is 1.